The van der Waals surface area contributed by atoms with E-state index in [0.717, 1.165) is 36.2 Å². The second-order valence-corrected chi connectivity index (χ2v) is 9.26. The van der Waals surface area contributed by atoms with E-state index in [1.165, 1.54) is 5.56 Å². The van der Waals surface area contributed by atoms with Gasteiger partial charge in [0.05, 0.1) is 11.8 Å². The quantitative estimate of drug-likeness (QED) is 0.651. The highest BCUT2D eigenvalue weighted by atomic mass is 16.5. The number of carbonyl (C=O) groups is 3. The van der Waals surface area contributed by atoms with Gasteiger partial charge < -0.3 is 15.0 Å². The van der Waals surface area contributed by atoms with Gasteiger partial charge in [-0.05, 0) is 48.4 Å². The lowest BCUT2D eigenvalue weighted by atomic mass is 9.78. The molecule has 174 valence electrons. The molecule has 1 heterocycles. The number of amides is 2. The topological polar surface area (TPSA) is 75.7 Å². The number of esters is 1. The molecule has 2 aromatic rings. The third-order valence-electron chi connectivity index (χ3n) is 6.74. The summed E-state index contributed by atoms with van der Waals surface area (Å²) in [6.45, 7) is 4.41. The van der Waals surface area contributed by atoms with Crippen molar-refractivity contribution in [3.05, 3.63) is 59.7 Å². The third kappa shape index (κ3) is 5.10. The molecule has 0 bridgehead atoms. The third-order valence-corrected chi connectivity index (χ3v) is 6.74. The zero-order valence-corrected chi connectivity index (χ0v) is 19.4. The van der Waals surface area contributed by atoms with E-state index in [-0.39, 0.29) is 24.3 Å². The smallest absolute Gasteiger partial charge is 0.310 e. The van der Waals surface area contributed by atoms with Gasteiger partial charge in [-0.25, -0.2) is 0 Å². The van der Waals surface area contributed by atoms with Crippen molar-refractivity contribution < 1.29 is 19.1 Å². The fraction of sp³-hybridized carbons (Fsp3) is 0.444. The van der Waals surface area contributed by atoms with E-state index < -0.39 is 17.8 Å². The summed E-state index contributed by atoms with van der Waals surface area (Å²) >= 11 is 0. The van der Waals surface area contributed by atoms with Gasteiger partial charge in [0.15, 0.2) is 6.61 Å². The van der Waals surface area contributed by atoms with Crippen LogP contribution in [0.1, 0.15) is 56.6 Å². The largest absolute Gasteiger partial charge is 0.455 e. The second-order valence-electron chi connectivity index (χ2n) is 9.26. The SMILES string of the molecule is CC(C)c1ccccc1NC(=O)COC(=O)C1CCCCC1C(=O)N1CCc2ccccc21. The summed E-state index contributed by atoms with van der Waals surface area (Å²) in [5.74, 6) is -1.47. The standard InChI is InChI=1S/C27H32N2O4/c1-18(2)20-10-6-7-13-23(20)28-25(30)17-33-27(32)22-12-5-4-11-21(22)26(31)29-16-15-19-9-3-8-14-24(19)29/h3,6-10,13-14,18,21-22H,4-5,11-12,15-17H2,1-2H3,(H,28,30). The van der Waals surface area contributed by atoms with Crippen molar-refractivity contribution in [2.45, 2.75) is 51.9 Å². The van der Waals surface area contributed by atoms with Crippen LogP contribution in [0.2, 0.25) is 0 Å². The van der Waals surface area contributed by atoms with E-state index in [1.807, 2.05) is 53.4 Å². The number of benzene rings is 2. The van der Waals surface area contributed by atoms with Gasteiger partial charge in [0.1, 0.15) is 0 Å². The van der Waals surface area contributed by atoms with Crippen LogP contribution in [0, 0.1) is 11.8 Å². The van der Waals surface area contributed by atoms with Crippen LogP contribution in [-0.4, -0.2) is 30.9 Å². The molecule has 2 aliphatic rings. The molecule has 2 amide bonds. The van der Waals surface area contributed by atoms with Crippen molar-refractivity contribution in [1.29, 1.82) is 0 Å². The average Bonchev–Trinajstić information content (AvgIpc) is 3.26. The van der Waals surface area contributed by atoms with Gasteiger partial charge in [-0.2, -0.15) is 0 Å². The number of nitrogens with one attached hydrogen (secondary N) is 1. The number of fused-ring (bicyclic) bond motifs is 1. The molecule has 1 fully saturated rings. The van der Waals surface area contributed by atoms with Gasteiger partial charge in [-0.15, -0.1) is 0 Å². The van der Waals surface area contributed by atoms with E-state index in [1.54, 1.807) is 0 Å². The summed E-state index contributed by atoms with van der Waals surface area (Å²) in [5.41, 5.74) is 3.87. The first kappa shape index (κ1) is 23.0. The van der Waals surface area contributed by atoms with Crippen LogP contribution in [0.4, 0.5) is 11.4 Å². The monoisotopic (exact) mass is 448 g/mol. The number of carbonyl (C=O) groups excluding carboxylic acids is 3. The Morgan fingerprint density at radius 3 is 2.48 bits per heavy atom. The Kier molecular flexibility index (Phi) is 7.11. The molecule has 0 saturated heterocycles. The van der Waals surface area contributed by atoms with Gasteiger partial charge in [-0.3, -0.25) is 14.4 Å². The van der Waals surface area contributed by atoms with Crippen LogP contribution in [0.3, 0.4) is 0 Å². The molecular formula is C27H32N2O4. The molecule has 0 radical (unpaired) electrons. The van der Waals surface area contributed by atoms with E-state index in [4.69, 9.17) is 4.74 Å². The van der Waals surface area contributed by atoms with Crippen molar-refractivity contribution in [2.24, 2.45) is 11.8 Å². The van der Waals surface area contributed by atoms with Crippen molar-refractivity contribution in [3.63, 3.8) is 0 Å². The van der Waals surface area contributed by atoms with E-state index in [2.05, 4.69) is 19.2 Å². The molecule has 4 rings (SSSR count). The molecule has 2 atom stereocenters. The minimum Gasteiger partial charge on any atom is -0.455 e. The van der Waals surface area contributed by atoms with Crippen LogP contribution in [0.15, 0.2) is 48.5 Å². The predicted molar refractivity (Wildman–Crippen MR) is 128 cm³/mol. The number of rotatable bonds is 6. The van der Waals surface area contributed by atoms with Crippen LogP contribution < -0.4 is 10.2 Å². The van der Waals surface area contributed by atoms with Crippen molar-refractivity contribution >= 4 is 29.2 Å². The highest BCUT2D eigenvalue weighted by Gasteiger charge is 2.40. The molecule has 0 spiro atoms. The first-order valence-corrected chi connectivity index (χ1v) is 11.9. The van der Waals surface area contributed by atoms with E-state index in [9.17, 15) is 14.4 Å². The zero-order valence-electron chi connectivity index (χ0n) is 19.4. The number of hydrogen-bond acceptors (Lipinski definition) is 4. The Morgan fingerprint density at radius 1 is 1.00 bits per heavy atom. The lowest BCUT2D eigenvalue weighted by molar-refractivity contribution is -0.156. The molecule has 1 N–H and O–H groups in total. The maximum Gasteiger partial charge on any atom is 0.310 e. The Bertz CT molecular complexity index is 1030. The van der Waals surface area contributed by atoms with Crippen LogP contribution in [-0.2, 0) is 25.5 Å². The number of para-hydroxylation sites is 2. The van der Waals surface area contributed by atoms with Crippen molar-refractivity contribution in [3.8, 4) is 0 Å². The summed E-state index contributed by atoms with van der Waals surface area (Å²) in [7, 11) is 0. The van der Waals surface area contributed by atoms with E-state index >= 15 is 0 Å². The Hall–Kier alpha value is -3.15. The maximum atomic E-state index is 13.4. The maximum absolute atomic E-state index is 13.4. The van der Waals surface area contributed by atoms with Gasteiger partial charge in [0, 0.05) is 17.9 Å². The highest BCUT2D eigenvalue weighted by Crippen LogP contribution is 2.36. The van der Waals surface area contributed by atoms with Gasteiger partial charge in [0.2, 0.25) is 5.91 Å². The molecule has 1 saturated carbocycles. The fourth-order valence-electron chi connectivity index (χ4n) is 5.02. The first-order valence-electron chi connectivity index (χ1n) is 11.9. The van der Waals surface area contributed by atoms with Gasteiger partial charge in [0.25, 0.3) is 5.91 Å². The summed E-state index contributed by atoms with van der Waals surface area (Å²) in [6, 6.07) is 15.6. The Morgan fingerprint density at radius 2 is 1.70 bits per heavy atom. The minimum atomic E-state index is -0.505. The lowest BCUT2D eigenvalue weighted by Gasteiger charge is -2.32. The van der Waals surface area contributed by atoms with Crippen LogP contribution >= 0.6 is 0 Å². The number of anilines is 2. The summed E-state index contributed by atoms with van der Waals surface area (Å²) in [4.78, 5) is 40.6. The van der Waals surface area contributed by atoms with Crippen molar-refractivity contribution in [2.75, 3.05) is 23.4 Å². The first-order chi connectivity index (χ1) is 16.0. The molecule has 2 unspecified atom stereocenters. The normalized spacial score (nSPS) is 19.8. The Balaban J connectivity index is 1.38. The number of hydrogen-bond donors (Lipinski definition) is 1. The summed E-state index contributed by atoms with van der Waals surface area (Å²) in [5, 5.41) is 2.85. The fourth-order valence-corrected chi connectivity index (χ4v) is 5.02. The highest BCUT2D eigenvalue weighted by molar-refractivity contribution is 5.99. The average molecular weight is 449 g/mol. The van der Waals surface area contributed by atoms with E-state index in [0.29, 0.717) is 19.4 Å². The molecule has 6 heteroatoms. The molecule has 0 aromatic heterocycles. The molecule has 1 aliphatic heterocycles. The van der Waals surface area contributed by atoms with Crippen molar-refractivity contribution in [1.82, 2.24) is 0 Å². The van der Waals surface area contributed by atoms with Gasteiger partial charge >= 0.3 is 5.97 Å². The van der Waals surface area contributed by atoms with Gasteiger partial charge in [-0.1, -0.05) is 63.1 Å². The minimum absolute atomic E-state index is 0.00286. The van der Waals surface area contributed by atoms with Crippen LogP contribution in [0.5, 0.6) is 0 Å². The molecule has 33 heavy (non-hydrogen) atoms. The second kappa shape index (κ2) is 10.2. The lowest BCUT2D eigenvalue weighted by Crippen LogP contribution is -2.42. The molecule has 1 aliphatic carbocycles. The zero-order chi connectivity index (χ0) is 23.4. The van der Waals surface area contributed by atoms with Crippen LogP contribution in [0.25, 0.3) is 0 Å². The number of ether oxygens (including phenoxy) is 1. The molecule has 6 nitrogen and oxygen atoms in total. The predicted octanol–water partition coefficient (Wildman–Crippen LogP) is 4.69. The summed E-state index contributed by atoms with van der Waals surface area (Å²) < 4.78 is 5.41. The summed E-state index contributed by atoms with van der Waals surface area (Å²) in [6.07, 6.45) is 3.92. The molecule has 2 aromatic carbocycles. The molecular weight excluding hydrogens is 416 g/mol. The number of nitrogens with zero attached hydrogens (tertiary/aromatic N) is 1. The Labute approximate surface area is 195 Å².